The van der Waals surface area contributed by atoms with E-state index in [2.05, 4.69) is 10.6 Å². The van der Waals surface area contributed by atoms with Gasteiger partial charge in [0.1, 0.15) is 0 Å². The van der Waals surface area contributed by atoms with E-state index in [4.69, 9.17) is 22.9 Å². The fourth-order valence-corrected chi connectivity index (χ4v) is 1.83. The lowest BCUT2D eigenvalue weighted by atomic mass is 10.1. The molecule has 0 aromatic heterocycles. The standard InChI is InChI=1S/C14H31N6O2/c15-7-2-1-5-11(17)13(21)19-9-4-10-20-14(22)12(18)6-3-8-16/h11-12H,1-10,15-18H2,(H,19,21). The van der Waals surface area contributed by atoms with Gasteiger partial charge in [-0.15, -0.1) is 0 Å². The molecule has 129 valence electrons. The van der Waals surface area contributed by atoms with E-state index >= 15 is 0 Å². The van der Waals surface area contributed by atoms with Gasteiger partial charge in [0.05, 0.1) is 12.1 Å². The highest BCUT2D eigenvalue weighted by atomic mass is 16.2. The first-order chi connectivity index (χ1) is 10.5. The van der Waals surface area contributed by atoms with Crippen LogP contribution in [0.1, 0.15) is 38.5 Å². The number of hydrogen-bond donors (Lipinski definition) is 5. The van der Waals surface area contributed by atoms with Crippen molar-refractivity contribution < 1.29 is 9.59 Å². The Morgan fingerprint density at radius 3 is 2.18 bits per heavy atom. The fraction of sp³-hybridized carbons (Fsp3) is 0.857. The molecule has 0 heterocycles. The highest BCUT2D eigenvalue weighted by Crippen LogP contribution is 1.98. The van der Waals surface area contributed by atoms with Gasteiger partial charge < -0.3 is 28.3 Å². The second-order valence-corrected chi connectivity index (χ2v) is 5.29. The van der Waals surface area contributed by atoms with Crippen molar-refractivity contribution in [2.45, 2.75) is 50.6 Å². The van der Waals surface area contributed by atoms with Crippen molar-refractivity contribution in [3.8, 4) is 0 Å². The Labute approximate surface area is 132 Å². The second kappa shape index (κ2) is 13.4. The van der Waals surface area contributed by atoms with E-state index in [1.54, 1.807) is 0 Å². The van der Waals surface area contributed by atoms with Crippen LogP contribution >= 0.6 is 0 Å². The molecular formula is C14H31N6O2. The molecule has 0 spiro atoms. The van der Waals surface area contributed by atoms with Gasteiger partial charge in [0.2, 0.25) is 5.91 Å². The number of nitrogens with zero attached hydrogens (tertiary/aromatic N) is 1. The minimum Gasteiger partial charge on any atom is -0.355 e. The van der Waals surface area contributed by atoms with Crippen LogP contribution < -0.4 is 33.6 Å². The second-order valence-electron chi connectivity index (χ2n) is 5.29. The molecular weight excluding hydrogens is 284 g/mol. The monoisotopic (exact) mass is 315 g/mol. The zero-order chi connectivity index (χ0) is 16.8. The van der Waals surface area contributed by atoms with Crippen molar-refractivity contribution in [1.82, 2.24) is 10.6 Å². The Kier molecular flexibility index (Phi) is 12.7. The molecule has 2 unspecified atom stereocenters. The summed E-state index contributed by atoms with van der Waals surface area (Å²) in [6, 6.07) is -1.08. The molecule has 0 saturated carbocycles. The minimum absolute atomic E-state index is 0.178. The van der Waals surface area contributed by atoms with Crippen LogP contribution in [0.3, 0.4) is 0 Å². The first-order valence-corrected chi connectivity index (χ1v) is 7.93. The average Bonchev–Trinajstić information content (AvgIpc) is 2.51. The van der Waals surface area contributed by atoms with Crippen LogP contribution in [0.15, 0.2) is 0 Å². The van der Waals surface area contributed by atoms with Crippen LogP contribution in [0, 0.1) is 0 Å². The van der Waals surface area contributed by atoms with E-state index < -0.39 is 12.1 Å². The number of rotatable bonds is 13. The molecule has 2 atom stereocenters. The number of amides is 2. The summed E-state index contributed by atoms with van der Waals surface area (Å²) in [5.41, 5.74) is 22.2. The highest BCUT2D eigenvalue weighted by Gasteiger charge is 2.14. The molecule has 8 heteroatoms. The Morgan fingerprint density at radius 2 is 1.55 bits per heavy atom. The lowest BCUT2D eigenvalue weighted by Gasteiger charge is -2.12. The van der Waals surface area contributed by atoms with Crippen LogP contribution in [-0.4, -0.2) is 50.1 Å². The first kappa shape index (κ1) is 20.8. The summed E-state index contributed by atoms with van der Waals surface area (Å²) in [6.45, 7) is 1.91. The number of carbonyl (C=O) groups is 2. The van der Waals surface area contributed by atoms with Gasteiger partial charge in [-0.05, 0) is 45.2 Å². The zero-order valence-corrected chi connectivity index (χ0v) is 13.3. The van der Waals surface area contributed by atoms with Gasteiger partial charge in [-0.1, -0.05) is 6.42 Å². The Morgan fingerprint density at radius 1 is 0.909 bits per heavy atom. The van der Waals surface area contributed by atoms with Crippen molar-refractivity contribution in [2.75, 3.05) is 26.2 Å². The Hall–Kier alpha value is -1.22. The van der Waals surface area contributed by atoms with E-state index in [0.717, 1.165) is 12.8 Å². The van der Waals surface area contributed by atoms with Crippen LogP contribution in [0.4, 0.5) is 0 Å². The van der Waals surface area contributed by atoms with Crippen molar-refractivity contribution in [3.05, 3.63) is 0 Å². The lowest BCUT2D eigenvalue weighted by molar-refractivity contribution is -0.122. The van der Waals surface area contributed by atoms with E-state index in [1.165, 1.54) is 0 Å². The molecule has 2 amide bonds. The molecule has 0 aliphatic rings. The van der Waals surface area contributed by atoms with Crippen LogP contribution in [0.25, 0.3) is 0 Å². The number of nitrogens with one attached hydrogen (secondary N) is 1. The Balaban J connectivity index is 3.63. The molecule has 22 heavy (non-hydrogen) atoms. The molecule has 0 saturated heterocycles. The fourth-order valence-electron chi connectivity index (χ4n) is 1.83. The third kappa shape index (κ3) is 10.5. The van der Waals surface area contributed by atoms with Crippen molar-refractivity contribution >= 4 is 11.8 Å². The molecule has 0 aliphatic heterocycles. The molecule has 9 N–H and O–H groups in total. The maximum atomic E-state index is 11.7. The van der Waals surface area contributed by atoms with Crippen molar-refractivity contribution in [1.29, 1.82) is 0 Å². The quantitative estimate of drug-likeness (QED) is 0.250. The van der Waals surface area contributed by atoms with Gasteiger partial charge in [0.15, 0.2) is 0 Å². The summed E-state index contributed by atoms with van der Waals surface area (Å²) < 4.78 is 0. The molecule has 0 aliphatic carbocycles. The summed E-state index contributed by atoms with van der Waals surface area (Å²) in [5.74, 6) is -0.485. The van der Waals surface area contributed by atoms with E-state index in [-0.39, 0.29) is 11.8 Å². The van der Waals surface area contributed by atoms with Crippen molar-refractivity contribution in [3.63, 3.8) is 0 Å². The highest BCUT2D eigenvalue weighted by molar-refractivity contribution is 5.81. The average molecular weight is 315 g/mol. The Bertz CT molecular complexity index is 314. The van der Waals surface area contributed by atoms with E-state index in [1.807, 2.05) is 0 Å². The van der Waals surface area contributed by atoms with Crippen molar-refractivity contribution in [2.24, 2.45) is 22.9 Å². The molecule has 0 aromatic rings. The summed E-state index contributed by atoms with van der Waals surface area (Å²) in [6.07, 6.45) is 4.17. The predicted molar refractivity (Wildman–Crippen MR) is 86.8 cm³/mol. The molecule has 0 fully saturated rings. The number of carbonyl (C=O) groups excluding carboxylic acids is 2. The molecule has 0 bridgehead atoms. The van der Waals surface area contributed by atoms with Gasteiger partial charge in [0.25, 0.3) is 5.91 Å². The number of nitrogens with two attached hydrogens (primary N) is 4. The topological polar surface area (TPSA) is 164 Å². The SMILES string of the molecule is NCCCCC(N)C(=O)NCCC[N]C(=O)C(N)CCCN. The number of hydrogen-bond acceptors (Lipinski definition) is 6. The lowest BCUT2D eigenvalue weighted by Crippen LogP contribution is -2.42. The van der Waals surface area contributed by atoms with Gasteiger partial charge in [-0.2, -0.15) is 0 Å². The summed E-state index contributed by atoms with van der Waals surface area (Å²) in [7, 11) is 0. The summed E-state index contributed by atoms with van der Waals surface area (Å²) in [4.78, 5) is 23.2. The molecule has 1 radical (unpaired) electrons. The molecule has 0 rings (SSSR count). The van der Waals surface area contributed by atoms with Crippen LogP contribution in [0.2, 0.25) is 0 Å². The van der Waals surface area contributed by atoms with Crippen LogP contribution in [-0.2, 0) is 9.59 Å². The normalized spacial score (nSPS) is 13.5. The van der Waals surface area contributed by atoms with Gasteiger partial charge in [-0.25, -0.2) is 0 Å². The zero-order valence-electron chi connectivity index (χ0n) is 13.3. The molecule has 8 nitrogen and oxygen atoms in total. The van der Waals surface area contributed by atoms with E-state index in [0.29, 0.717) is 51.9 Å². The van der Waals surface area contributed by atoms with Gasteiger partial charge in [0, 0.05) is 13.1 Å². The number of unbranched alkanes of at least 4 members (excludes halogenated alkanes) is 1. The predicted octanol–water partition coefficient (Wildman–Crippen LogP) is -1.85. The molecule has 0 aromatic carbocycles. The maximum absolute atomic E-state index is 11.7. The van der Waals surface area contributed by atoms with Gasteiger partial charge in [-0.3, -0.25) is 14.9 Å². The van der Waals surface area contributed by atoms with E-state index in [9.17, 15) is 9.59 Å². The van der Waals surface area contributed by atoms with Gasteiger partial charge >= 0.3 is 0 Å². The summed E-state index contributed by atoms with van der Waals surface area (Å²) in [5, 5.41) is 6.61. The smallest absolute Gasteiger partial charge is 0.258 e. The third-order valence-corrected chi connectivity index (χ3v) is 3.24. The first-order valence-electron chi connectivity index (χ1n) is 7.93. The third-order valence-electron chi connectivity index (χ3n) is 3.24. The largest absolute Gasteiger partial charge is 0.355 e. The minimum atomic E-state index is -0.575. The van der Waals surface area contributed by atoms with Crippen LogP contribution in [0.5, 0.6) is 0 Å². The maximum Gasteiger partial charge on any atom is 0.258 e. The summed E-state index contributed by atoms with van der Waals surface area (Å²) >= 11 is 0.